The molecule has 1 unspecified atom stereocenters. The molecule has 0 aliphatic heterocycles. The van der Waals surface area contributed by atoms with Crippen molar-refractivity contribution in [2.24, 2.45) is 0 Å². The quantitative estimate of drug-likeness (QED) is 0.921. The second-order valence-corrected chi connectivity index (χ2v) is 7.35. The van der Waals surface area contributed by atoms with Crippen LogP contribution >= 0.6 is 11.6 Å². The molecule has 3 nitrogen and oxygen atoms in total. The predicted molar refractivity (Wildman–Crippen MR) is 90.0 cm³/mol. The highest BCUT2D eigenvalue weighted by atomic mass is 35.5. The molecule has 2 aromatic rings. The van der Waals surface area contributed by atoms with Crippen LogP contribution in [0.5, 0.6) is 0 Å². The van der Waals surface area contributed by atoms with Crippen LogP contribution in [0.2, 0.25) is 5.02 Å². The maximum atomic E-state index is 12.2. The summed E-state index contributed by atoms with van der Waals surface area (Å²) >= 11 is 5.97. The van der Waals surface area contributed by atoms with E-state index in [0.717, 1.165) is 29.5 Å². The minimum atomic E-state index is -3.48. The fourth-order valence-corrected chi connectivity index (χ4v) is 3.93. The average Bonchev–Trinajstić information content (AvgIpc) is 2.88. The summed E-state index contributed by atoms with van der Waals surface area (Å²) in [5.74, 6) is 0. The average molecular weight is 334 g/mol. The molecule has 2 aromatic carbocycles. The summed E-state index contributed by atoms with van der Waals surface area (Å²) < 4.78 is 27.2. The van der Waals surface area contributed by atoms with E-state index in [-0.39, 0.29) is 6.04 Å². The van der Waals surface area contributed by atoms with Crippen molar-refractivity contribution in [3.8, 4) is 0 Å². The largest absolute Gasteiger partial charge is 0.234 e. The number of aryl methyl sites for hydroxylation is 1. The Labute approximate surface area is 135 Å². The number of halogens is 1. The second-order valence-electron chi connectivity index (χ2n) is 5.31. The van der Waals surface area contributed by atoms with Gasteiger partial charge in [-0.05, 0) is 47.7 Å². The monoisotopic (exact) mass is 333 g/mol. The Balaban J connectivity index is 1.75. The van der Waals surface area contributed by atoms with Crippen molar-refractivity contribution in [3.05, 3.63) is 75.7 Å². The Kier molecular flexibility index (Phi) is 4.34. The minimum Gasteiger partial charge on any atom is -0.208 e. The van der Waals surface area contributed by atoms with Gasteiger partial charge in [0.25, 0.3) is 0 Å². The van der Waals surface area contributed by atoms with Crippen LogP contribution in [-0.4, -0.2) is 8.42 Å². The van der Waals surface area contributed by atoms with E-state index in [1.807, 2.05) is 42.5 Å². The molecule has 0 fully saturated rings. The van der Waals surface area contributed by atoms with Crippen molar-refractivity contribution in [1.82, 2.24) is 4.72 Å². The maximum absolute atomic E-state index is 12.2. The van der Waals surface area contributed by atoms with E-state index in [0.29, 0.717) is 5.02 Å². The van der Waals surface area contributed by atoms with Gasteiger partial charge in [-0.2, -0.15) is 0 Å². The standard InChI is InChI=1S/C17H16ClNO2S/c18-15-7-8-16-14(12-15)6-9-17(16)19-22(20,21)11-10-13-4-2-1-3-5-13/h1-5,7-8,10-12,17,19H,6,9H2/b11-10+. The summed E-state index contributed by atoms with van der Waals surface area (Å²) in [7, 11) is -3.48. The van der Waals surface area contributed by atoms with Crippen LogP contribution in [0, 0.1) is 0 Å². The molecule has 0 spiro atoms. The molecule has 1 atom stereocenters. The summed E-state index contributed by atoms with van der Waals surface area (Å²) in [5, 5.41) is 1.90. The van der Waals surface area contributed by atoms with Gasteiger partial charge in [0.2, 0.25) is 10.0 Å². The molecule has 1 aliphatic rings. The highest BCUT2D eigenvalue weighted by molar-refractivity contribution is 7.92. The number of rotatable bonds is 4. The first-order chi connectivity index (χ1) is 10.5. The fourth-order valence-electron chi connectivity index (χ4n) is 2.68. The number of fused-ring (bicyclic) bond motifs is 1. The lowest BCUT2D eigenvalue weighted by Gasteiger charge is -2.12. The van der Waals surface area contributed by atoms with Gasteiger partial charge in [-0.15, -0.1) is 0 Å². The van der Waals surface area contributed by atoms with E-state index in [1.165, 1.54) is 5.41 Å². The molecule has 0 radical (unpaired) electrons. The van der Waals surface area contributed by atoms with E-state index in [2.05, 4.69) is 4.72 Å². The molecule has 1 aliphatic carbocycles. The molecule has 0 bridgehead atoms. The molecule has 0 amide bonds. The van der Waals surface area contributed by atoms with Gasteiger partial charge in [-0.3, -0.25) is 0 Å². The van der Waals surface area contributed by atoms with Gasteiger partial charge in [-0.1, -0.05) is 48.0 Å². The Morgan fingerprint density at radius 1 is 1.14 bits per heavy atom. The summed E-state index contributed by atoms with van der Waals surface area (Å²) in [4.78, 5) is 0. The fraction of sp³-hybridized carbons (Fsp3) is 0.176. The number of nitrogens with one attached hydrogen (secondary N) is 1. The van der Waals surface area contributed by atoms with E-state index in [9.17, 15) is 8.42 Å². The van der Waals surface area contributed by atoms with Gasteiger partial charge in [-0.25, -0.2) is 13.1 Å². The third kappa shape index (κ3) is 3.58. The van der Waals surface area contributed by atoms with Crippen molar-refractivity contribution in [3.63, 3.8) is 0 Å². The molecule has 0 aromatic heterocycles. The molecule has 0 saturated heterocycles. The van der Waals surface area contributed by atoms with Gasteiger partial charge in [0.1, 0.15) is 0 Å². The van der Waals surface area contributed by atoms with Crippen molar-refractivity contribution in [2.45, 2.75) is 18.9 Å². The van der Waals surface area contributed by atoms with Gasteiger partial charge >= 0.3 is 0 Å². The van der Waals surface area contributed by atoms with E-state index < -0.39 is 10.0 Å². The lowest BCUT2D eigenvalue weighted by atomic mass is 10.1. The number of hydrogen-bond donors (Lipinski definition) is 1. The Morgan fingerprint density at radius 2 is 1.91 bits per heavy atom. The molecule has 0 saturated carbocycles. The second kappa shape index (κ2) is 6.24. The van der Waals surface area contributed by atoms with E-state index >= 15 is 0 Å². The van der Waals surface area contributed by atoms with Crippen molar-refractivity contribution in [2.75, 3.05) is 0 Å². The zero-order valence-corrected chi connectivity index (χ0v) is 13.4. The van der Waals surface area contributed by atoms with Gasteiger partial charge in [0.05, 0.1) is 0 Å². The predicted octanol–water partition coefficient (Wildman–Crippen LogP) is 3.92. The molecule has 3 rings (SSSR count). The summed E-state index contributed by atoms with van der Waals surface area (Å²) in [6.45, 7) is 0. The van der Waals surface area contributed by atoms with Gasteiger partial charge in [0.15, 0.2) is 0 Å². The van der Waals surface area contributed by atoms with Gasteiger partial charge < -0.3 is 0 Å². The molecule has 114 valence electrons. The summed E-state index contributed by atoms with van der Waals surface area (Å²) in [6.07, 6.45) is 3.19. The van der Waals surface area contributed by atoms with E-state index in [4.69, 9.17) is 11.6 Å². The normalized spacial score (nSPS) is 17.8. The highest BCUT2D eigenvalue weighted by Gasteiger charge is 2.25. The molecule has 22 heavy (non-hydrogen) atoms. The third-order valence-electron chi connectivity index (χ3n) is 3.73. The van der Waals surface area contributed by atoms with Crippen LogP contribution in [0.25, 0.3) is 6.08 Å². The zero-order chi connectivity index (χ0) is 15.6. The number of sulfonamides is 1. The lowest BCUT2D eigenvalue weighted by molar-refractivity contribution is 0.563. The van der Waals surface area contributed by atoms with Crippen LogP contribution in [0.3, 0.4) is 0 Å². The van der Waals surface area contributed by atoms with Crippen molar-refractivity contribution < 1.29 is 8.42 Å². The first-order valence-corrected chi connectivity index (χ1v) is 9.00. The first-order valence-electron chi connectivity index (χ1n) is 7.07. The summed E-state index contributed by atoms with van der Waals surface area (Å²) in [5.41, 5.74) is 2.99. The Hall–Kier alpha value is -1.62. The van der Waals surface area contributed by atoms with Gasteiger partial charge in [0, 0.05) is 16.5 Å². The Bertz CT molecular complexity index is 801. The molecule has 5 heteroatoms. The highest BCUT2D eigenvalue weighted by Crippen LogP contribution is 2.33. The SMILES string of the molecule is O=S(=O)(/C=C/c1ccccc1)NC1CCc2cc(Cl)ccc21. The molecular weight excluding hydrogens is 318 g/mol. The van der Waals surface area contributed by atoms with Crippen LogP contribution < -0.4 is 4.72 Å². The third-order valence-corrected chi connectivity index (χ3v) is 5.07. The minimum absolute atomic E-state index is 0.183. The van der Waals surface area contributed by atoms with E-state index in [1.54, 1.807) is 12.1 Å². The van der Waals surface area contributed by atoms with Crippen LogP contribution in [0.1, 0.15) is 29.2 Å². The van der Waals surface area contributed by atoms with Crippen molar-refractivity contribution in [1.29, 1.82) is 0 Å². The number of hydrogen-bond acceptors (Lipinski definition) is 2. The van der Waals surface area contributed by atoms with Crippen LogP contribution in [0.15, 0.2) is 53.9 Å². The topological polar surface area (TPSA) is 46.2 Å². The number of benzene rings is 2. The molecule has 1 N–H and O–H groups in total. The van der Waals surface area contributed by atoms with Crippen molar-refractivity contribution >= 4 is 27.7 Å². The van der Waals surface area contributed by atoms with Crippen LogP contribution in [0.4, 0.5) is 0 Å². The van der Waals surface area contributed by atoms with Crippen LogP contribution in [-0.2, 0) is 16.4 Å². The smallest absolute Gasteiger partial charge is 0.208 e. The maximum Gasteiger partial charge on any atom is 0.234 e. The zero-order valence-electron chi connectivity index (χ0n) is 11.9. The molecular formula is C17H16ClNO2S. The Morgan fingerprint density at radius 3 is 2.68 bits per heavy atom. The molecule has 0 heterocycles. The first kappa shape index (κ1) is 15.3. The summed E-state index contributed by atoms with van der Waals surface area (Å²) in [6, 6.07) is 14.8. The lowest BCUT2D eigenvalue weighted by Crippen LogP contribution is -2.25.